The quantitative estimate of drug-likeness (QED) is 0.906. The zero-order valence-corrected chi connectivity index (χ0v) is 12.0. The maximum absolute atomic E-state index is 11.3. The van der Waals surface area contributed by atoms with Crippen molar-refractivity contribution in [1.29, 1.82) is 0 Å². The van der Waals surface area contributed by atoms with Gasteiger partial charge in [0.05, 0.1) is 24.6 Å². The Morgan fingerprint density at radius 2 is 2.29 bits per heavy atom. The molecule has 0 aliphatic heterocycles. The number of halogens is 1. The summed E-state index contributed by atoms with van der Waals surface area (Å²) in [6.07, 6.45) is 1.27. The van der Waals surface area contributed by atoms with E-state index in [0.29, 0.717) is 35.0 Å². The molecule has 0 radical (unpaired) electrons. The molecule has 1 aliphatic rings. The molecule has 7 nitrogen and oxygen atoms in total. The molecule has 1 aromatic carbocycles. The van der Waals surface area contributed by atoms with E-state index in [-0.39, 0.29) is 6.54 Å². The molecule has 0 amide bonds. The molecule has 2 aromatic rings. The predicted molar refractivity (Wildman–Crippen MR) is 74.1 cm³/mol. The second-order valence-corrected chi connectivity index (χ2v) is 5.53. The Bertz CT molecular complexity index is 696. The average molecular weight is 309 g/mol. The normalized spacial score (nSPS) is 15.7. The molecular formula is C13H13ClN4O3. The van der Waals surface area contributed by atoms with Gasteiger partial charge in [0.2, 0.25) is 0 Å². The molecule has 1 fully saturated rings. The highest BCUT2D eigenvalue weighted by atomic mass is 35.5. The third kappa shape index (κ3) is 2.44. The Labute approximate surface area is 125 Å². The van der Waals surface area contributed by atoms with Crippen LogP contribution in [0.2, 0.25) is 5.02 Å². The summed E-state index contributed by atoms with van der Waals surface area (Å²) in [7, 11) is 1.54. The molecule has 1 aliphatic carbocycles. The number of tetrazole rings is 1. The lowest BCUT2D eigenvalue weighted by atomic mass is 10.1. The summed E-state index contributed by atoms with van der Waals surface area (Å²) < 4.78 is 6.78. The Kier molecular flexibility index (Phi) is 3.29. The van der Waals surface area contributed by atoms with Gasteiger partial charge >= 0.3 is 5.97 Å². The van der Waals surface area contributed by atoms with Crippen LogP contribution in [0.25, 0.3) is 11.4 Å². The molecule has 21 heavy (non-hydrogen) atoms. The van der Waals surface area contributed by atoms with Gasteiger partial charge in [-0.2, -0.15) is 0 Å². The first-order chi connectivity index (χ1) is 10.1. The van der Waals surface area contributed by atoms with E-state index < -0.39 is 11.4 Å². The van der Waals surface area contributed by atoms with E-state index in [1.54, 1.807) is 25.3 Å². The molecule has 1 N–H and O–H groups in total. The van der Waals surface area contributed by atoms with Gasteiger partial charge in [-0.05, 0) is 41.5 Å². The second-order valence-electron chi connectivity index (χ2n) is 5.09. The van der Waals surface area contributed by atoms with Gasteiger partial charge in [0.1, 0.15) is 5.75 Å². The zero-order valence-electron chi connectivity index (χ0n) is 11.3. The molecule has 1 saturated carbocycles. The van der Waals surface area contributed by atoms with E-state index in [1.165, 1.54) is 4.68 Å². The molecular weight excluding hydrogens is 296 g/mol. The largest absolute Gasteiger partial charge is 0.496 e. The van der Waals surface area contributed by atoms with Crippen molar-refractivity contribution in [3.63, 3.8) is 0 Å². The topological polar surface area (TPSA) is 90.1 Å². The fraction of sp³-hybridized carbons (Fsp3) is 0.385. The van der Waals surface area contributed by atoms with Crippen LogP contribution in [0, 0.1) is 5.41 Å². The highest BCUT2D eigenvalue weighted by molar-refractivity contribution is 6.30. The van der Waals surface area contributed by atoms with Crippen LogP contribution in [0.3, 0.4) is 0 Å². The number of aliphatic carboxylic acids is 1. The number of nitrogens with zero attached hydrogens (tertiary/aromatic N) is 4. The van der Waals surface area contributed by atoms with Crippen molar-refractivity contribution in [2.24, 2.45) is 5.41 Å². The first-order valence-corrected chi connectivity index (χ1v) is 6.77. The predicted octanol–water partition coefficient (Wildman–Crippen LogP) is 1.87. The van der Waals surface area contributed by atoms with Crippen LogP contribution in [-0.2, 0) is 11.3 Å². The lowest BCUT2D eigenvalue weighted by Crippen LogP contribution is -2.22. The number of hydrogen-bond donors (Lipinski definition) is 1. The smallest absolute Gasteiger partial charge is 0.311 e. The van der Waals surface area contributed by atoms with E-state index in [4.69, 9.17) is 16.3 Å². The second kappa shape index (κ2) is 5.00. The van der Waals surface area contributed by atoms with Crippen molar-refractivity contribution in [2.75, 3.05) is 7.11 Å². The summed E-state index contributed by atoms with van der Waals surface area (Å²) in [6, 6.07) is 5.13. The molecule has 0 unspecified atom stereocenters. The van der Waals surface area contributed by atoms with Crippen molar-refractivity contribution in [3.05, 3.63) is 23.2 Å². The lowest BCUT2D eigenvalue weighted by Gasteiger charge is -2.12. The van der Waals surface area contributed by atoms with Gasteiger partial charge in [0.15, 0.2) is 5.82 Å². The van der Waals surface area contributed by atoms with Gasteiger partial charge in [-0.25, -0.2) is 4.68 Å². The van der Waals surface area contributed by atoms with Crippen molar-refractivity contribution in [3.8, 4) is 17.1 Å². The van der Waals surface area contributed by atoms with Gasteiger partial charge in [-0.3, -0.25) is 4.79 Å². The fourth-order valence-electron chi connectivity index (χ4n) is 2.24. The summed E-state index contributed by atoms with van der Waals surface area (Å²) in [4.78, 5) is 11.3. The summed E-state index contributed by atoms with van der Waals surface area (Å²) in [6.45, 7) is 0.236. The number of hydrogen-bond acceptors (Lipinski definition) is 5. The van der Waals surface area contributed by atoms with Crippen molar-refractivity contribution in [1.82, 2.24) is 20.2 Å². The van der Waals surface area contributed by atoms with Gasteiger partial charge in [0, 0.05) is 5.02 Å². The van der Waals surface area contributed by atoms with E-state index in [1.807, 2.05) is 0 Å². The fourth-order valence-corrected chi connectivity index (χ4v) is 2.41. The molecule has 1 heterocycles. The van der Waals surface area contributed by atoms with E-state index in [0.717, 1.165) is 0 Å². The minimum atomic E-state index is -0.818. The number of rotatable bonds is 5. The van der Waals surface area contributed by atoms with Crippen LogP contribution in [0.4, 0.5) is 0 Å². The van der Waals surface area contributed by atoms with Gasteiger partial charge in [-0.15, -0.1) is 5.10 Å². The van der Waals surface area contributed by atoms with Gasteiger partial charge < -0.3 is 9.84 Å². The zero-order chi connectivity index (χ0) is 15.0. The highest BCUT2D eigenvalue weighted by Crippen LogP contribution is 2.47. The number of carboxylic acids is 1. The standard InChI is InChI=1S/C13H13ClN4O3/c1-21-10-3-2-8(14)6-9(10)11-15-16-17-18(11)7-13(4-5-13)12(19)20/h2-3,6H,4-5,7H2,1H3,(H,19,20). The highest BCUT2D eigenvalue weighted by Gasteiger charge is 2.51. The summed E-state index contributed by atoms with van der Waals surface area (Å²) >= 11 is 6.01. The number of carbonyl (C=O) groups is 1. The Hall–Kier alpha value is -2.15. The average Bonchev–Trinajstić information content (AvgIpc) is 3.10. The molecule has 0 saturated heterocycles. The molecule has 1 aromatic heterocycles. The molecule has 8 heteroatoms. The molecule has 3 rings (SSSR count). The van der Waals surface area contributed by atoms with Crippen molar-refractivity contribution in [2.45, 2.75) is 19.4 Å². The van der Waals surface area contributed by atoms with Crippen LogP contribution in [-0.4, -0.2) is 38.4 Å². The SMILES string of the molecule is COc1ccc(Cl)cc1-c1nnnn1CC1(C(=O)O)CC1. The third-order valence-electron chi connectivity index (χ3n) is 3.69. The molecule has 0 bridgehead atoms. The first kappa shape index (κ1) is 13.8. The van der Waals surface area contributed by atoms with Crippen molar-refractivity contribution < 1.29 is 14.6 Å². The van der Waals surface area contributed by atoms with Crippen LogP contribution in [0.5, 0.6) is 5.75 Å². The van der Waals surface area contributed by atoms with E-state index in [9.17, 15) is 9.90 Å². The van der Waals surface area contributed by atoms with Crippen LogP contribution in [0.15, 0.2) is 18.2 Å². The summed E-state index contributed by atoms with van der Waals surface area (Å²) in [5.41, 5.74) is -0.119. The molecule has 0 atom stereocenters. The van der Waals surface area contributed by atoms with Gasteiger partial charge in [-0.1, -0.05) is 11.6 Å². The third-order valence-corrected chi connectivity index (χ3v) is 3.93. The number of aromatic nitrogens is 4. The van der Waals surface area contributed by atoms with Crippen LogP contribution >= 0.6 is 11.6 Å². The van der Waals surface area contributed by atoms with Gasteiger partial charge in [0.25, 0.3) is 0 Å². The monoisotopic (exact) mass is 308 g/mol. The number of benzene rings is 1. The van der Waals surface area contributed by atoms with Crippen LogP contribution < -0.4 is 4.74 Å². The minimum Gasteiger partial charge on any atom is -0.496 e. The van der Waals surface area contributed by atoms with E-state index >= 15 is 0 Å². The first-order valence-electron chi connectivity index (χ1n) is 6.39. The van der Waals surface area contributed by atoms with Crippen LogP contribution in [0.1, 0.15) is 12.8 Å². The minimum absolute atomic E-state index is 0.236. The Balaban J connectivity index is 2.00. The Morgan fingerprint density at radius 3 is 2.90 bits per heavy atom. The number of methoxy groups -OCH3 is 1. The summed E-state index contributed by atoms with van der Waals surface area (Å²) in [5, 5.41) is 21.3. The maximum atomic E-state index is 11.3. The maximum Gasteiger partial charge on any atom is 0.311 e. The lowest BCUT2D eigenvalue weighted by molar-refractivity contribution is -0.144. The molecule has 110 valence electrons. The van der Waals surface area contributed by atoms with E-state index in [2.05, 4.69) is 15.5 Å². The number of carboxylic acid groups (broad SMARTS) is 1. The van der Waals surface area contributed by atoms with Crippen molar-refractivity contribution >= 4 is 17.6 Å². The summed E-state index contributed by atoms with van der Waals surface area (Å²) in [5.74, 6) is 0.208. The molecule has 0 spiro atoms. The Morgan fingerprint density at radius 1 is 1.52 bits per heavy atom. The number of ether oxygens (including phenoxy) is 1.